The summed E-state index contributed by atoms with van der Waals surface area (Å²) in [4.78, 5) is 22.0. The molecule has 1 aromatic heterocycles. The molecular formula is C21H25N5O2. The van der Waals surface area contributed by atoms with Gasteiger partial charge in [-0.2, -0.15) is 0 Å². The van der Waals surface area contributed by atoms with E-state index in [4.69, 9.17) is 5.21 Å². The van der Waals surface area contributed by atoms with E-state index in [0.717, 1.165) is 45.4 Å². The maximum absolute atomic E-state index is 11.3. The van der Waals surface area contributed by atoms with Gasteiger partial charge in [0.05, 0.1) is 5.56 Å². The number of carbonyl (C=O) groups excluding carboxylic acids is 1. The van der Waals surface area contributed by atoms with Gasteiger partial charge in [-0.25, -0.2) is 15.4 Å². The Hall–Kier alpha value is -2.77. The fourth-order valence-corrected chi connectivity index (χ4v) is 3.94. The van der Waals surface area contributed by atoms with Gasteiger partial charge in [0.25, 0.3) is 5.91 Å². The summed E-state index contributed by atoms with van der Waals surface area (Å²) in [5.74, 6) is 0.676. The molecule has 4 rings (SSSR count). The van der Waals surface area contributed by atoms with E-state index in [0.29, 0.717) is 11.9 Å². The minimum absolute atomic E-state index is 0.243. The van der Waals surface area contributed by atoms with Crippen LogP contribution in [0.1, 0.15) is 39.9 Å². The smallest absolute Gasteiger partial charge is 0.277 e. The van der Waals surface area contributed by atoms with Crippen molar-refractivity contribution in [2.75, 3.05) is 24.5 Å². The quantitative estimate of drug-likeness (QED) is 0.526. The monoisotopic (exact) mass is 379 g/mol. The van der Waals surface area contributed by atoms with Crippen molar-refractivity contribution < 1.29 is 10.0 Å². The Balaban J connectivity index is 1.24. The molecule has 7 nitrogen and oxygen atoms in total. The number of hydrogen-bond donors (Lipinski definition) is 3. The van der Waals surface area contributed by atoms with Crippen molar-refractivity contribution in [1.29, 1.82) is 0 Å². The van der Waals surface area contributed by atoms with Crippen molar-refractivity contribution in [1.82, 2.24) is 20.8 Å². The molecule has 1 aromatic carbocycles. The van der Waals surface area contributed by atoms with Gasteiger partial charge in [-0.15, -0.1) is 0 Å². The lowest BCUT2D eigenvalue weighted by Crippen LogP contribution is -2.38. The zero-order valence-electron chi connectivity index (χ0n) is 15.8. The Labute approximate surface area is 164 Å². The van der Waals surface area contributed by atoms with Crippen LogP contribution in [0, 0.1) is 5.92 Å². The summed E-state index contributed by atoms with van der Waals surface area (Å²) < 4.78 is 0. The van der Waals surface area contributed by atoms with E-state index in [9.17, 15) is 4.79 Å². The fraction of sp³-hybridized carbons (Fsp3) is 0.381. The summed E-state index contributed by atoms with van der Waals surface area (Å²) in [6, 6.07) is 6.54. The molecule has 1 saturated heterocycles. The van der Waals surface area contributed by atoms with Gasteiger partial charge in [-0.1, -0.05) is 30.4 Å². The molecule has 0 unspecified atom stereocenters. The second-order valence-corrected chi connectivity index (χ2v) is 7.37. The van der Waals surface area contributed by atoms with Crippen LogP contribution in [-0.4, -0.2) is 40.7 Å². The zero-order valence-corrected chi connectivity index (χ0v) is 15.8. The number of anilines is 1. The highest BCUT2D eigenvalue weighted by Crippen LogP contribution is 2.24. The van der Waals surface area contributed by atoms with E-state index in [2.05, 4.69) is 50.5 Å². The summed E-state index contributed by atoms with van der Waals surface area (Å²) in [6.45, 7) is 3.75. The number of carbonyl (C=O) groups is 1. The van der Waals surface area contributed by atoms with Gasteiger partial charge in [0.1, 0.15) is 0 Å². The second kappa shape index (κ2) is 8.50. The third-order valence-electron chi connectivity index (χ3n) is 5.58. The Bertz CT molecular complexity index is 858. The van der Waals surface area contributed by atoms with Gasteiger partial charge < -0.3 is 10.2 Å². The molecule has 3 N–H and O–H groups in total. The summed E-state index contributed by atoms with van der Waals surface area (Å²) in [5.41, 5.74) is 6.05. The molecule has 2 aliphatic rings. The third-order valence-corrected chi connectivity index (χ3v) is 5.58. The second-order valence-electron chi connectivity index (χ2n) is 7.37. The van der Waals surface area contributed by atoms with Crippen LogP contribution in [0.25, 0.3) is 6.08 Å². The van der Waals surface area contributed by atoms with Gasteiger partial charge in [0.2, 0.25) is 5.95 Å². The molecule has 0 atom stereocenters. The summed E-state index contributed by atoms with van der Waals surface area (Å²) in [6.07, 6.45) is 10.5. The Kier molecular flexibility index (Phi) is 5.64. The maximum Gasteiger partial charge on any atom is 0.277 e. The van der Waals surface area contributed by atoms with E-state index in [-0.39, 0.29) is 5.56 Å². The largest absolute Gasteiger partial charge is 0.341 e. The maximum atomic E-state index is 11.3. The van der Waals surface area contributed by atoms with Gasteiger partial charge in [-0.05, 0) is 48.4 Å². The molecular weight excluding hydrogens is 354 g/mol. The number of nitrogens with zero attached hydrogens (tertiary/aromatic N) is 3. The first-order valence-corrected chi connectivity index (χ1v) is 9.74. The number of benzene rings is 1. The van der Waals surface area contributed by atoms with Crippen LogP contribution in [0.4, 0.5) is 5.95 Å². The number of fused-ring (bicyclic) bond motifs is 1. The lowest BCUT2D eigenvalue weighted by atomic mass is 9.96. The fourth-order valence-electron chi connectivity index (χ4n) is 3.94. The molecule has 0 radical (unpaired) electrons. The normalized spacial score (nSPS) is 16.2. The Morgan fingerprint density at radius 1 is 1.21 bits per heavy atom. The van der Waals surface area contributed by atoms with Gasteiger partial charge >= 0.3 is 0 Å². The van der Waals surface area contributed by atoms with E-state index in [1.54, 1.807) is 5.48 Å². The van der Waals surface area contributed by atoms with Crippen molar-refractivity contribution in [2.45, 2.75) is 25.8 Å². The van der Waals surface area contributed by atoms with Gasteiger partial charge in [0, 0.05) is 32.0 Å². The molecule has 2 heterocycles. The number of nitrogens with one attached hydrogen (secondary N) is 2. The first-order valence-electron chi connectivity index (χ1n) is 9.74. The van der Waals surface area contributed by atoms with Crippen LogP contribution in [-0.2, 0) is 13.0 Å². The van der Waals surface area contributed by atoms with E-state index >= 15 is 0 Å². The topological polar surface area (TPSA) is 90.4 Å². The van der Waals surface area contributed by atoms with Crippen molar-refractivity contribution in [3.8, 4) is 0 Å². The van der Waals surface area contributed by atoms with E-state index in [1.165, 1.54) is 29.1 Å². The van der Waals surface area contributed by atoms with E-state index in [1.807, 2.05) is 0 Å². The van der Waals surface area contributed by atoms with Crippen LogP contribution < -0.4 is 15.7 Å². The highest BCUT2D eigenvalue weighted by molar-refractivity contribution is 5.92. The number of hydrogen-bond acceptors (Lipinski definition) is 6. The van der Waals surface area contributed by atoms with E-state index < -0.39 is 5.91 Å². The van der Waals surface area contributed by atoms with Crippen molar-refractivity contribution >= 4 is 17.9 Å². The van der Waals surface area contributed by atoms with Crippen LogP contribution in [0.2, 0.25) is 0 Å². The average Bonchev–Trinajstić information content (AvgIpc) is 3.24. The number of amides is 1. The van der Waals surface area contributed by atoms with Crippen molar-refractivity contribution in [3.05, 3.63) is 58.9 Å². The number of hydroxylamine groups is 1. The molecule has 2 aromatic rings. The predicted molar refractivity (Wildman–Crippen MR) is 107 cm³/mol. The SMILES string of the molecule is O=C(NO)c1cnc(N2CCC(CNCc3cccc4c3CC=C4)CC2)nc1. The number of allylic oxidation sites excluding steroid dienone is 1. The molecule has 0 bridgehead atoms. The number of rotatable bonds is 6. The zero-order chi connectivity index (χ0) is 19.3. The molecule has 1 fully saturated rings. The van der Waals surface area contributed by atoms with Crippen LogP contribution in [0.15, 0.2) is 36.7 Å². The predicted octanol–water partition coefficient (Wildman–Crippen LogP) is 2.17. The standard InChI is InChI=1S/C21H25N5O2/c27-20(25-28)18-13-23-21(24-14-18)26-9-7-15(8-10-26)11-22-12-17-5-1-3-16-4-2-6-19(16)17/h1-5,13-15,22,28H,6-12H2,(H,25,27). The molecule has 28 heavy (non-hydrogen) atoms. The van der Waals surface area contributed by atoms with Crippen molar-refractivity contribution in [2.24, 2.45) is 5.92 Å². The highest BCUT2D eigenvalue weighted by atomic mass is 16.5. The van der Waals surface area contributed by atoms with Crippen LogP contribution in [0.5, 0.6) is 0 Å². The van der Waals surface area contributed by atoms with Crippen LogP contribution in [0.3, 0.4) is 0 Å². The molecule has 1 aliphatic carbocycles. The summed E-state index contributed by atoms with van der Waals surface area (Å²) in [7, 11) is 0. The Morgan fingerprint density at radius 3 is 2.75 bits per heavy atom. The molecule has 7 heteroatoms. The van der Waals surface area contributed by atoms with Gasteiger partial charge in [-0.3, -0.25) is 10.0 Å². The molecule has 1 amide bonds. The summed E-state index contributed by atoms with van der Waals surface area (Å²) >= 11 is 0. The highest BCUT2D eigenvalue weighted by Gasteiger charge is 2.21. The molecule has 0 spiro atoms. The number of aromatic nitrogens is 2. The lowest BCUT2D eigenvalue weighted by Gasteiger charge is -2.32. The minimum Gasteiger partial charge on any atom is -0.341 e. The average molecular weight is 379 g/mol. The first-order chi connectivity index (χ1) is 13.7. The van der Waals surface area contributed by atoms with Crippen LogP contribution >= 0.6 is 0 Å². The summed E-state index contributed by atoms with van der Waals surface area (Å²) in [5, 5.41) is 12.3. The van der Waals surface area contributed by atoms with Crippen molar-refractivity contribution in [3.63, 3.8) is 0 Å². The minimum atomic E-state index is -0.601. The lowest BCUT2D eigenvalue weighted by molar-refractivity contribution is 0.0705. The van der Waals surface area contributed by atoms with Gasteiger partial charge in [0.15, 0.2) is 0 Å². The molecule has 0 saturated carbocycles. The Morgan fingerprint density at radius 2 is 2.00 bits per heavy atom. The number of piperidine rings is 1. The first kappa shape index (κ1) is 18.6. The third kappa shape index (κ3) is 4.05. The molecule has 146 valence electrons. The molecule has 1 aliphatic heterocycles.